The zero-order chi connectivity index (χ0) is 0. The van der Waals surface area contributed by atoms with Crippen LogP contribution in [0.25, 0.3) is 0 Å². The minimum atomic E-state index is 0. The molecule has 0 aromatic carbocycles. The minimum absolute atomic E-state index is 0. The first kappa shape index (κ1) is 50.2. The van der Waals surface area contributed by atoms with Gasteiger partial charge in [0.1, 0.15) is 0 Å². The van der Waals surface area contributed by atoms with Gasteiger partial charge in [0.2, 0.25) is 0 Å². The molecule has 0 atom stereocenters. The predicted octanol–water partition coefficient (Wildman–Crippen LogP) is -0.832. The smallest absolute Gasteiger partial charge is 0 e. The van der Waals surface area contributed by atoms with Gasteiger partial charge in [-0.3, -0.25) is 0 Å². The zero-order valence-corrected chi connectivity index (χ0v) is 4.42. The van der Waals surface area contributed by atoms with E-state index in [1.165, 1.54) is 0 Å². The molecular weight excluding hydrogens is 197 g/mol. The molecule has 0 bridgehead atoms. The second kappa shape index (κ2) is 24.8. The third-order valence-electron chi connectivity index (χ3n) is 0. The van der Waals surface area contributed by atoms with Crippen LogP contribution >= 0.6 is 0 Å². The fourth-order valence-corrected chi connectivity index (χ4v) is 0. The summed E-state index contributed by atoms with van der Waals surface area (Å²) in [4.78, 5) is 0. The van der Waals surface area contributed by atoms with Crippen molar-refractivity contribution in [1.82, 2.24) is 0 Å². The van der Waals surface area contributed by atoms with E-state index in [4.69, 9.17) is 0 Å². The second-order valence-corrected chi connectivity index (χ2v) is 0. The predicted molar refractivity (Wildman–Crippen MR) is 3.61 cm³/mol. The minimum Gasteiger partial charge on any atom is -0.412 e. The number of hydrogen-bond acceptors (Lipinski definition) is 0. The van der Waals surface area contributed by atoms with Crippen LogP contribution in [-0.2, 0) is 50.3 Å². The van der Waals surface area contributed by atoms with Crippen LogP contribution in [0.4, 0.5) is 0 Å². The van der Waals surface area contributed by atoms with Crippen LogP contribution in [0, 0.1) is 0 Å². The van der Waals surface area contributed by atoms with Crippen molar-refractivity contribution in [2.45, 2.75) is 0 Å². The molecule has 0 aliphatic carbocycles. The summed E-state index contributed by atoms with van der Waals surface area (Å²) in [6.07, 6.45) is 0. The third-order valence-corrected chi connectivity index (χ3v) is 0. The summed E-state index contributed by atoms with van der Waals surface area (Å²) in [5.41, 5.74) is 0. The van der Waals surface area contributed by atoms with Crippen LogP contribution in [0.2, 0.25) is 0 Å². The van der Waals surface area contributed by atoms with Crippen LogP contribution in [0.1, 0.15) is 0 Å². The summed E-state index contributed by atoms with van der Waals surface area (Å²) in [5.74, 6) is 0. The van der Waals surface area contributed by atoms with Crippen LogP contribution in [0.5, 0.6) is 0 Å². The molecule has 0 saturated carbocycles. The molecule has 0 aliphatic heterocycles. The van der Waals surface area contributed by atoms with E-state index in [0.717, 1.165) is 0 Å². The van der Waals surface area contributed by atoms with Crippen LogP contribution < -0.4 is 0 Å². The molecule has 2 N–H and O–H groups in total. The summed E-state index contributed by atoms with van der Waals surface area (Å²) in [7, 11) is 0. The first-order valence-electron chi connectivity index (χ1n) is 0. The van der Waals surface area contributed by atoms with Crippen molar-refractivity contribution >= 4 is 0 Å². The first-order valence-corrected chi connectivity index (χ1v) is 0. The second-order valence-electron chi connectivity index (χ2n) is 0. The summed E-state index contributed by atoms with van der Waals surface area (Å²) < 4.78 is 0. The fraction of sp³-hybridized carbons (Fsp3) is 0. The quantitative estimate of drug-likeness (QED) is 0.456. The molecule has 0 rings (SSSR count). The Kier molecular flexibility index (Phi) is 311. The van der Waals surface area contributed by atoms with Gasteiger partial charge in [0, 0.05) is 50.3 Å². The number of hydrogen-bond donors (Lipinski definition) is 0. The fourth-order valence-electron chi connectivity index (χ4n) is 0. The van der Waals surface area contributed by atoms with E-state index in [-0.39, 0.29) is 55.8 Å². The van der Waals surface area contributed by atoms with Crippen molar-refractivity contribution < 1.29 is 55.8 Å². The Morgan fingerprint density at radius 1 is 1.00 bits per heavy atom. The van der Waals surface area contributed by atoms with Gasteiger partial charge in [-0.25, -0.2) is 0 Å². The van der Waals surface area contributed by atoms with Crippen molar-refractivity contribution in [2.24, 2.45) is 0 Å². The number of rotatable bonds is 0. The Labute approximate surface area is 55.8 Å². The van der Waals surface area contributed by atoms with E-state index < -0.39 is 0 Å². The van der Waals surface area contributed by atoms with E-state index in [9.17, 15) is 0 Å². The van der Waals surface area contributed by atoms with E-state index >= 15 is 0 Å². The van der Waals surface area contributed by atoms with E-state index in [0.29, 0.717) is 0 Å². The Morgan fingerprint density at radius 3 is 1.00 bits per heavy atom. The van der Waals surface area contributed by atoms with Gasteiger partial charge in [-0.2, -0.15) is 0 Å². The SMILES string of the molecule is O.[Co].[Cu].[Ni]. The van der Waals surface area contributed by atoms with E-state index in [1.54, 1.807) is 0 Å². The maximum Gasteiger partial charge on any atom is 0 e. The molecule has 0 fully saturated rings. The normalized spacial score (nSPS) is 0. The summed E-state index contributed by atoms with van der Waals surface area (Å²) in [6.45, 7) is 0. The Bertz CT molecular complexity index is 8.00. The zero-order valence-electron chi connectivity index (χ0n) is 1.45. The molecule has 0 unspecified atom stereocenters. The Hall–Kier alpha value is 1.48. The molecule has 4 heteroatoms. The molecule has 1 nitrogen and oxygen atoms in total. The van der Waals surface area contributed by atoms with E-state index in [1.807, 2.05) is 0 Å². The van der Waals surface area contributed by atoms with Crippen LogP contribution in [-0.4, -0.2) is 5.48 Å². The third kappa shape index (κ3) is 9.77. The molecule has 0 aliphatic rings. The van der Waals surface area contributed by atoms with E-state index in [2.05, 4.69) is 0 Å². The largest absolute Gasteiger partial charge is 0.412 e. The van der Waals surface area contributed by atoms with Crippen molar-refractivity contribution in [3.8, 4) is 0 Å². The molecular formula is H2CoCuNiO. The maximum absolute atomic E-state index is 0. The maximum atomic E-state index is 0. The topological polar surface area (TPSA) is 31.5 Å². The Morgan fingerprint density at radius 2 is 1.00 bits per heavy atom. The van der Waals surface area contributed by atoms with Gasteiger partial charge in [-0.05, 0) is 0 Å². The van der Waals surface area contributed by atoms with Crippen molar-refractivity contribution in [1.29, 1.82) is 0 Å². The van der Waals surface area contributed by atoms with Crippen molar-refractivity contribution in [3.05, 3.63) is 0 Å². The Balaban J connectivity index is 0. The standard InChI is InChI=1S/Co.Cu.Ni.H2O/h;;;1H2. The monoisotopic (exact) mass is 198 g/mol. The molecule has 0 aromatic heterocycles. The molecule has 0 spiro atoms. The van der Waals surface area contributed by atoms with Gasteiger partial charge in [-0.15, -0.1) is 0 Å². The molecule has 2 radical (unpaired) electrons. The van der Waals surface area contributed by atoms with Crippen molar-refractivity contribution in [2.75, 3.05) is 0 Å². The summed E-state index contributed by atoms with van der Waals surface area (Å²) >= 11 is 0. The van der Waals surface area contributed by atoms with Gasteiger partial charge in [-0.1, -0.05) is 0 Å². The molecule has 0 amide bonds. The molecule has 0 saturated heterocycles. The van der Waals surface area contributed by atoms with Gasteiger partial charge >= 0.3 is 0 Å². The molecule has 38 valence electrons. The molecule has 0 aromatic rings. The van der Waals surface area contributed by atoms with Gasteiger partial charge in [0.05, 0.1) is 0 Å². The molecule has 4 heavy (non-hydrogen) atoms. The first-order chi connectivity index (χ1) is 0. The van der Waals surface area contributed by atoms with Crippen molar-refractivity contribution in [3.63, 3.8) is 0 Å². The average molecular weight is 199 g/mol. The van der Waals surface area contributed by atoms with Gasteiger partial charge < -0.3 is 5.48 Å². The van der Waals surface area contributed by atoms with Crippen LogP contribution in [0.3, 0.4) is 0 Å². The molecule has 0 heterocycles. The van der Waals surface area contributed by atoms with Gasteiger partial charge in [0.15, 0.2) is 0 Å². The average Bonchev–Trinajstić information content (AvgIpc) is 0. The van der Waals surface area contributed by atoms with Crippen LogP contribution in [0.15, 0.2) is 0 Å². The summed E-state index contributed by atoms with van der Waals surface area (Å²) in [6, 6.07) is 0. The van der Waals surface area contributed by atoms with Gasteiger partial charge in [0.25, 0.3) is 0 Å². The summed E-state index contributed by atoms with van der Waals surface area (Å²) in [5, 5.41) is 0.